The second-order valence-electron chi connectivity index (χ2n) is 6.83. The fourth-order valence-electron chi connectivity index (χ4n) is 1.71. The van der Waals surface area contributed by atoms with E-state index < -0.39 is 0 Å². The van der Waals surface area contributed by atoms with Crippen molar-refractivity contribution in [2.24, 2.45) is 0 Å². The summed E-state index contributed by atoms with van der Waals surface area (Å²) in [6, 6.07) is 0. The highest BCUT2D eigenvalue weighted by molar-refractivity contribution is 5.37. The predicted octanol–water partition coefficient (Wildman–Crippen LogP) is 3.14. The zero-order valence-corrected chi connectivity index (χ0v) is 12.4. The first kappa shape index (κ1) is 13.9. The van der Waals surface area contributed by atoms with Crippen LogP contribution in [0.3, 0.4) is 0 Å². The van der Waals surface area contributed by atoms with Gasteiger partial charge in [-0.1, -0.05) is 41.5 Å². The van der Waals surface area contributed by atoms with E-state index in [1.165, 1.54) is 5.56 Å². The summed E-state index contributed by atoms with van der Waals surface area (Å²) in [6.45, 7) is 13.2. The minimum atomic E-state index is 0.0380. The van der Waals surface area contributed by atoms with Crippen molar-refractivity contribution in [1.82, 2.24) is 9.97 Å². The van der Waals surface area contributed by atoms with E-state index in [0.717, 1.165) is 11.6 Å². The minimum absolute atomic E-state index is 0.0380. The third-order valence-electron chi connectivity index (χ3n) is 2.69. The van der Waals surface area contributed by atoms with Crippen molar-refractivity contribution < 1.29 is 0 Å². The van der Waals surface area contributed by atoms with Crippen LogP contribution in [-0.2, 0) is 10.8 Å². The molecular weight excluding hydrogens is 210 g/mol. The SMILES string of the molecule is CN(C)c1ncc(C(C)(C)C)c(C(C)(C)C)n1. The van der Waals surface area contributed by atoms with Crippen molar-refractivity contribution in [3.05, 3.63) is 17.5 Å². The van der Waals surface area contributed by atoms with Gasteiger partial charge in [0.25, 0.3) is 0 Å². The van der Waals surface area contributed by atoms with Crippen LogP contribution in [0, 0.1) is 0 Å². The molecular formula is C14H25N3. The second-order valence-corrected chi connectivity index (χ2v) is 6.83. The summed E-state index contributed by atoms with van der Waals surface area (Å²) in [7, 11) is 3.94. The van der Waals surface area contributed by atoms with Gasteiger partial charge >= 0.3 is 0 Å². The Morgan fingerprint density at radius 1 is 0.941 bits per heavy atom. The molecule has 0 N–H and O–H groups in total. The monoisotopic (exact) mass is 235 g/mol. The first-order valence-electron chi connectivity index (χ1n) is 6.09. The van der Waals surface area contributed by atoms with E-state index in [1.807, 2.05) is 25.2 Å². The first-order valence-corrected chi connectivity index (χ1v) is 6.09. The van der Waals surface area contributed by atoms with E-state index in [4.69, 9.17) is 4.98 Å². The molecule has 0 aliphatic rings. The van der Waals surface area contributed by atoms with Gasteiger partial charge in [-0.3, -0.25) is 0 Å². The fourth-order valence-corrected chi connectivity index (χ4v) is 1.71. The number of hydrogen-bond donors (Lipinski definition) is 0. The molecule has 0 bridgehead atoms. The lowest BCUT2D eigenvalue weighted by atomic mass is 9.79. The molecule has 17 heavy (non-hydrogen) atoms. The Morgan fingerprint density at radius 3 is 1.82 bits per heavy atom. The average Bonchev–Trinajstić information content (AvgIpc) is 2.14. The Hall–Kier alpha value is -1.12. The molecule has 1 aromatic heterocycles. The highest BCUT2D eigenvalue weighted by atomic mass is 15.2. The largest absolute Gasteiger partial charge is 0.347 e. The Bertz CT molecular complexity index is 395. The molecule has 1 heterocycles. The number of hydrogen-bond acceptors (Lipinski definition) is 3. The lowest BCUT2D eigenvalue weighted by Crippen LogP contribution is -2.26. The summed E-state index contributed by atoms with van der Waals surface area (Å²) in [4.78, 5) is 11.1. The van der Waals surface area contributed by atoms with Gasteiger partial charge in [0.2, 0.25) is 5.95 Å². The Labute approximate surface area is 105 Å². The fraction of sp³-hybridized carbons (Fsp3) is 0.714. The topological polar surface area (TPSA) is 29.0 Å². The van der Waals surface area contributed by atoms with Crippen molar-refractivity contribution in [2.75, 3.05) is 19.0 Å². The molecule has 0 amide bonds. The summed E-state index contributed by atoms with van der Waals surface area (Å²) < 4.78 is 0. The van der Waals surface area contributed by atoms with E-state index in [-0.39, 0.29) is 10.8 Å². The van der Waals surface area contributed by atoms with Gasteiger partial charge in [-0.2, -0.15) is 0 Å². The van der Waals surface area contributed by atoms with Gasteiger partial charge in [-0.05, 0) is 11.0 Å². The maximum atomic E-state index is 4.72. The van der Waals surface area contributed by atoms with E-state index in [2.05, 4.69) is 46.5 Å². The van der Waals surface area contributed by atoms with Crippen LogP contribution >= 0.6 is 0 Å². The maximum Gasteiger partial charge on any atom is 0.225 e. The molecule has 3 heteroatoms. The second kappa shape index (κ2) is 4.28. The van der Waals surface area contributed by atoms with Crippen molar-refractivity contribution in [1.29, 1.82) is 0 Å². The zero-order chi connectivity index (χ0) is 13.4. The van der Waals surface area contributed by atoms with E-state index in [1.54, 1.807) is 0 Å². The molecule has 0 aromatic carbocycles. The van der Waals surface area contributed by atoms with E-state index >= 15 is 0 Å². The lowest BCUT2D eigenvalue weighted by molar-refractivity contribution is 0.510. The summed E-state index contributed by atoms with van der Waals surface area (Å²) in [5, 5.41) is 0. The van der Waals surface area contributed by atoms with Crippen LogP contribution in [0.25, 0.3) is 0 Å². The van der Waals surface area contributed by atoms with Crippen molar-refractivity contribution >= 4 is 5.95 Å². The molecule has 0 saturated heterocycles. The molecule has 0 aliphatic carbocycles. The summed E-state index contributed by atoms with van der Waals surface area (Å²) in [6.07, 6.45) is 1.98. The van der Waals surface area contributed by atoms with Gasteiger partial charge in [-0.25, -0.2) is 9.97 Å². The smallest absolute Gasteiger partial charge is 0.225 e. The van der Waals surface area contributed by atoms with Gasteiger partial charge < -0.3 is 4.90 Å². The molecule has 0 atom stereocenters. The molecule has 96 valence electrons. The van der Waals surface area contributed by atoms with Crippen LogP contribution in [0.2, 0.25) is 0 Å². The molecule has 0 aliphatic heterocycles. The molecule has 1 rings (SSSR count). The molecule has 0 radical (unpaired) electrons. The summed E-state index contributed by atoms with van der Waals surface area (Å²) in [5.74, 6) is 0.780. The Morgan fingerprint density at radius 2 is 1.47 bits per heavy atom. The normalized spacial score (nSPS) is 12.7. The highest BCUT2D eigenvalue weighted by Gasteiger charge is 2.27. The quantitative estimate of drug-likeness (QED) is 0.749. The molecule has 3 nitrogen and oxygen atoms in total. The molecule has 0 fully saturated rings. The Balaban J connectivity index is 3.43. The third kappa shape index (κ3) is 3.18. The van der Waals surface area contributed by atoms with Crippen LogP contribution in [0.1, 0.15) is 52.8 Å². The lowest BCUT2D eigenvalue weighted by Gasteiger charge is -2.29. The van der Waals surface area contributed by atoms with E-state index in [0.29, 0.717) is 0 Å². The predicted molar refractivity (Wildman–Crippen MR) is 73.8 cm³/mol. The van der Waals surface area contributed by atoms with Gasteiger partial charge in [0.15, 0.2) is 0 Å². The van der Waals surface area contributed by atoms with E-state index in [9.17, 15) is 0 Å². The van der Waals surface area contributed by atoms with Crippen LogP contribution in [0.4, 0.5) is 5.95 Å². The molecule has 0 spiro atoms. The van der Waals surface area contributed by atoms with Gasteiger partial charge in [0, 0.05) is 25.7 Å². The van der Waals surface area contributed by atoms with Crippen LogP contribution in [-0.4, -0.2) is 24.1 Å². The average molecular weight is 235 g/mol. The highest BCUT2D eigenvalue weighted by Crippen LogP contribution is 2.32. The van der Waals surface area contributed by atoms with Crippen molar-refractivity contribution in [3.63, 3.8) is 0 Å². The summed E-state index contributed by atoms with van der Waals surface area (Å²) in [5.41, 5.74) is 2.49. The maximum absolute atomic E-state index is 4.72. The van der Waals surface area contributed by atoms with Crippen LogP contribution < -0.4 is 4.90 Å². The molecule has 1 aromatic rings. The Kier molecular flexibility index (Phi) is 3.51. The zero-order valence-electron chi connectivity index (χ0n) is 12.4. The third-order valence-corrected chi connectivity index (χ3v) is 2.69. The number of aromatic nitrogens is 2. The van der Waals surface area contributed by atoms with Gasteiger partial charge in [0.1, 0.15) is 0 Å². The number of rotatable bonds is 1. The van der Waals surface area contributed by atoms with Gasteiger partial charge in [0.05, 0.1) is 5.69 Å². The van der Waals surface area contributed by atoms with Crippen LogP contribution in [0.5, 0.6) is 0 Å². The number of anilines is 1. The van der Waals surface area contributed by atoms with Gasteiger partial charge in [-0.15, -0.1) is 0 Å². The minimum Gasteiger partial charge on any atom is -0.347 e. The molecule has 0 saturated carbocycles. The van der Waals surface area contributed by atoms with Crippen molar-refractivity contribution in [2.45, 2.75) is 52.4 Å². The summed E-state index contributed by atoms with van der Waals surface area (Å²) >= 11 is 0. The van der Waals surface area contributed by atoms with Crippen LogP contribution in [0.15, 0.2) is 6.20 Å². The first-order chi connectivity index (χ1) is 7.53. The standard InChI is InChI=1S/C14H25N3/c1-13(2,3)10-9-15-12(17(7)8)16-11(10)14(4,5)6/h9H,1-8H3. The molecule has 0 unspecified atom stereocenters. The number of nitrogens with zero attached hydrogens (tertiary/aromatic N) is 3. The van der Waals surface area contributed by atoms with Crippen molar-refractivity contribution in [3.8, 4) is 0 Å².